The van der Waals surface area contributed by atoms with Gasteiger partial charge in [-0.3, -0.25) is 0 Å². The van der Waals surface area contributed by atoms with Crippen LogP contribution in [0.4, 0.5) is 18.9 Å². The monoisotopic (exact) mass is 317 g/mol. The Hall–Kier alpha value is -1.62. The second-order valence-electron chi connectivity index (χ2n) is 4.89. The Morgan fingerprint density at radius 1 is 1.29 bits per heavy atom. The third-order valence-corrected chi connectivity index (χ3v) is 3.26. The molecule has 2 aromatic rings. The topological polar surface area (TPSA) is 25.2 Å². The van der Waals surface area contributed by atoms with Gasteiger partial charge in [0.2, 0.25) is 0 Å². The number of alkyl halides is 3. The van der Waals surface area contributed by atoms with Crippen molar-refractivity contribution in [1.29, 1.82) is 0 Å². The van der Waals surface area contributed by atoms with Crippen molar-refractivity contribution in [2.75, 3.05) is 5.32 Å². The van der Waals surface area contributed by atoms with Gasteiger partial charge in [0.25, 0.3) is 0 Å². The normalized spacial score (nSPS) is 13.2. The summed E-state index contributed by atoms with van der Waals surface area (Å²) in [6.45, 7) is 1.90. The number of halogens is 4. The molecule has 2 rings (SSSR count). The molecule has 21 heavy (non-hydrogen) atoms. The van der Waals surface area contributed by atoms with Crippen LogP contribution in [0.5, 0.6) is 0 Å². The molecule has 1 unspecified atom stereocenters. The molecule has 6 heteroatoms. The summed E-state index contributed by atoms with van der Waals surface area (Å²) < 4.78 is 43.4. The van der Waals surface area contributed by atoms with Gasteiger partial charge in [-0.1, -0.05) is 11.6 Å². The lowest BCUT2D eigenvalue weighted by Crippen LogP contribution is -2.16. The molecular formula is C15H15ClF3NO. The first kappa shape index (κ1) is 15.8. The number of rotatable bonds is 5. The molecule has 0 saturated heterocycles. The summed E-state index contributed by atoms with van der Waals surface area (Å²) in [5, 5.41) is 3.09. The van der Waals surface area contributed by atoms with E-state index in [1.807, 2.05) is 13.0 Å². The molecule has 1 N–H and O–H groups in total. The largest absolute Gasteiger partial charge is 0.469 e. The molecule has 0 aliphatic rings. The summed E-state index contributed by atoms with van der Waals surface area (Å²) in [7, 11) is 0. The smallest absolute Gasteiger partial charge is 0.416 e. The van der Waals surface area contributed by atoms with Crippen molar-refractivity contribution in [3.05, 3.63) is 52.9 Å². The highest BCUT2D eigenvalue weighted by molar-refractivity contribution is 6.30. The van der Waals surface area contributed by atoms with Crippen LogP contribution in [0.15, 0.2) is 41.0 Å². The number of furan rings is 1. The molecule has 1 aromatic carbocycles. The first-order valence-electron chi connectivity index (χ1n) is 6.51. The van der Waals surface area contributed by atoms with E-state index in [1.54, 1.807) is 12.3 Å². The summed E-state index contributed by atoms with van der Waals surface area (Å²) in [6.07, 6.45) is -1.35. The molecule has 0 amide bonds. The van der Waals surface area contributed by atoms with Crippen LogP contribution in [0.2, 0.25) is 5.02 Å². The highest BCUT2D eigenvalue weighted by atomic mass is 35.5. The number of hydrogen-bond acceptors (Lipinski definition) is 2. The SMILES string of the molecule is CC(CCc1ccco1)Nc1cc(Cl)cc(C(F)(F)F)c1. The molecule has 114 valence electrons. The van der Waals surface area contributed by atoms with Crippen LogP contribution in [0.25, 0.3) is 0 Å². The lowest BCUT2D eigenvalue weighted by molar-refractivity contribution is -0.137. The lowest BCUT2D eigenvalue weighted by atomic mass is 10.1. The quantitative estimate of drug-likeness (QED) is 0.800. The average molecular weight is 318 g/mol. The van der Waals surface area contributed by atoms with Crippen molar-refractivity contribution in [3.63, 3.8) is 0 Å². The molecule has 1 aromatic heterocycles. The van der Waals surface area contributed by atoms with Crippen LogP contribution >= 0.6 is 11.6 Å². The van der Waals surface area contributed by atoms with Gasteiger partial charge in [0.15, 0.2) is 0 Å². The number of aryl methyl sites for hydroxylation is 1. The molecule has 2 nitrogen and oxygen atoms in total. The number of hydrogen-bond donors (Lipinski definition) is 1. The highest BCUT2D eigenvalue weighted by Gasteiger charge is 2.31. The molecule has 0 spiro atoms. The molecule has 1 atom stereocenters. The molecule has 0 radical (unpaired) electrons. The molecule has 0 fully saturated rings. The van der Waals surface area contributed by atoms with E-state index in [0.717, 1.165) is 24.3 Å². The summed E-state index contributed by atoms with van der Waals surface area (Å²) >= 11 is 5.74. The van der Waals surface area contributed by atoms with Crippen LogP contribution in [-0.2, 0) is 12.6 Å². The van der Waals surface area contributed by atoms with Crippen LogP contribution in [-0.4, -0.2) is 6.04 Å². The minimum absolute atomic E-state index is 0.00495. The standard InChI is InChI=1S/C15H15ClF3NO/c1-10(4-5-14-3-2-6-21-14)20-13-8-11(15(17,18)19)7-12(16)9-13/h2-3,6-10,20H,4-5H2,1H3. The van der Waals surface area contributed by atoms with E-state index >= 15 is 0 Å². The third kappa shape index (κ3) is 4.70. The van der Waals surface area contributed by atoms with Crippen LogP contribution in [0, 0.1) is 0 Å². The van der Waals surface area contributed by atoms with Gasteiger partial charge in [-0.05, 0) is 43.7 Å². The van der Waals surface area contributed by atoms with E-state index in [2.05, 4.69) is 5.32 Å². The fraction of sp³-hybridized carbons (Fsp3) is 0.333. The number of anilines is 1. The van der Waals surface area contributed by atoms with E-state index < -0.39 is 11.7 Å². The minimum Gasteiger partial charge on any atom is -0.469 e. The van der Waals surface area contributed by atoms with Gasteiger partial charge in [0.05, 0.1) is 11.8 Å². The Kier molecular flexibility index (Phi) is 4.83. The van der Waals surface area contributed by atoms with Crippen LogP contribution in [0.1, 0.15) is 24.7 Å². The van der Waals surface area contributed by atoms with Crippen molar-refractivity contribution in [3.8, 4) is 0 Å². The van der Waals surface area contributed by atoms with E-state index in [0.29, 0.717) is 12.1 Å². The minimum atomic E-state index is -4.40. The van der Waals surface area contributed by atoms with Gasteiger partial charge >= 0.3 is 6.18 Å². The highest BCUT2D eigenvalue weighted by Crippen LogP contribution is 2.33. The first-order valence-corrected chi connectivity index (χ1v) is 6.89. The van der Waals surface area contributed by atoms with Crippen molar-refractivity contribution >= 4 is 17.3 Å². The zero-order valence-electron chi connectivity index (χ0n) is 11.4. The predicted octanol–water partition coefficient (Wildman–Crippen LogP) is 5.39. The van der Waals surface area contributed by atoms with Gasteiger partial charge < -0.3 is 9.73 Å². The van der Waals surface area contributed by atoms with E-state index in [1.165, 1.54) is 6.07 Å². The molecule has 0 bridgehead atoms. The Bertz CT molecular complexity index is 581. The van der Waals surface area contributed by atoms with Gasteiger partial charge in [-0.15, -0.1) is 0 Å². The van der Waals surface area contributed by atoms with Crippen LogP contribution in [0.3, 0.4) is 0 Å². The molecule has 0 aliphatic heterocycles. The maximum Gasteiger partial charge on any atom is 0.416 e. The van der Waals surface area contributed by atoms with E-state index in [9.17, 15) is 13.2 Å². The Balaban J connectivity index is 2.00. The maximum absolute atomic E-state index is 12.7. The Labute approximate surface area is 125 Å². The fourth-order valence-corrected chi connectivity index (χ4v) is 2.24. The Morgan fingerprint density at radius 3 is 2.67 bits per heavy atom. The van der Waals surface area contributed by atoms with Crippen molar-refractivity contribution in [2.45, 2.75) is 32.0 Å². The van der Waals surface area contributed by atoms with Crippen LogP contribution < -0.4 is 5.32 Å². The lowest BCUT2D eigenvalue weighted by Gasteiger charge is -2.16. The summed E-state index contributed by atoms with van der Waals surface area (Å²) in [4.78, 5) is 0. The zero-order chi connectivity index (χ0) is 15.5. The van der Waals surface area contributed by atoms with Gasteiger partial charge in [0, 0.05) is 23.2 Å². The number of benzene rings is 1. The predicted molar refractivity (Wildman–Crippen MR) is 76.6 cm³/mol. The summed E-state index contributed by atoms with van der Waals surface area (Å²) in [5.41, 5.74) is -0.391. The first-order chi connectivity index (χ1) is 9.84. The molecule has 1 heterocycles. The van der Waals surface area contributed by atoms with Crippen molar-refractivity contribution in [1.82, 2.24) is 0 Å². The van der Waals surface area contributed by atoms with Gasteiger partial charge in [0.1, 0.15) is 5.76 Å². The van der Waals surface area contributed by atoms with Gasteiger partial charge in [-0.2, -0.15) is 13.2 Å². The average Bonchev–Trinajstić information content (AvgIpc) is 2.87. The van der Waals surface area contributed by atoms with Gasteiger partial charge in [-0.25, -0.2) is 0 Å². The maximum atomic E-state index is 12.7. The fourth-order valence-electron chi connectivity index (χ4n) is 2.01. The zero-order valence-corrected chi connectivity index (χ0v) is 12.1. The number of nitrogens with one attached hydrogen (secondary N) is 1. The van der Waals surface area contributed by atoms with E-state index in [-0.39, 0.29) is 11.1 Å². The summed E-state index contributed by atoms with van der Waals surface area (Å²) in [5.74, 6) is 0.853. The molecule has 0 saturated carbocycles. The summed E-state index contributed by atoms with van der Waals surface area (Å²) in [6, 6.07) is 7.14. The second-order valence-corrected chi connectivity index (χ2v) is 5.33. The van der Waals surface area contributed by atoms with E-state index in [4.69, 9.17) is 16.0 Å². The Morgan fingerprint density at radius 2 is 2.05 bits per heavy atom. The second kappa shape index (κ2) is 6.43. The molecular weight excluding hydrogens is 303 g/mol. The third-order valence-electron chi connectivity index (χ3n) is 3.04. The van der Waals surface area contributed by atoms with Crippen molar-refractivity contribution in [2.24, 2.45) is 0 Å². The van der Waals surface area contributed by atoms with Crippen molar-refractivity contribution < 1.29 is 17.6 Å². The molecule has 0 aliphatic carbocycles.